The van der Waals surface area contributed by atoms with Crippen molar-refractivity contribution in [3.05, 3.63) is 29.8 Å². The number of nitrogens with zero attached hydrogens (tertiary/aromatic N) is 1. The van der Waals surface area contributed by atoms with Crippen molar-refractivity contribution >= 4 is 5.71 Å². The van der Waals surface area contributed by atoms with Gasteiger partial charge in [-0.25, -0.2) is 0 Å². The number of phenols is 1. The molecule has 0 bridgehead atoms. The highest BCUT2D eigenvalue weighted by Gasteiger charge is 2.07. The number of benzene rings is 1. The molecule has 0 aromatic heterocycles. The van der Waals surface area contributed by atoms with Gasteiger partial charge in [-0.3, -0.25) is 0 Å². The minimum Gasteiger partial charge on any atom is -0.508 e. The molecule has 0 aliphatic heterocycles. The first-order valence-electron chi connectivity index (χ1n) is 4.22. The summed E-state index contributed by atoms with van der Waals surface area (Å²) in [6.07, 6.45) is 0. The van der Waals surface area contributed by atoms with Gasteiger partial charge in [0.15, 0.2) is 0 Å². The van der Waals surface area contributed by atoms with Crippen LogP contribution in [0.15, 0.2) is 29.4 Å². The maximum absolute atomic E-state index is 9.08. The van der Waals surface area contributed by atoms with Crippen molar-refractivity contribution in [2.45, 2.75) is 13.8 Å². The fourth-order valence-electron chi connectivity index (χ4n) is 1.19. The van der Waals surface area contributed by atoms with Gasteiger partial charge in [0.05, 0.1) is 5.71 Å². The molecule has 0 unspecified atom stereocenters. The number of hydrogen-bond donors (Lipinski definition) is 2. The second-order valence-corrected chi connectivity index (χ2v) is 3.22. The van der Waals surface area contributed by atoms with E-state index in [2.05, 4.69) is 5.10 Å². The molecular formula is C10H14N2O. The third-order valence-electron chi connectivity index (χ3n) is 1.85. The van der Waals surface area contributed by atoms with Crippen molar-refractivity contribution < 1.29 is 5.11 Å². The summed E-state index contributed by atoms with van der Waals surface area (Å²) in [7, 11) is 0. The highest BCUT2D eigenvalue weighted by Crippen LogP contribution is 2.13. The van der Waals surface area contributed by atoms with Crippen LogP contribution in [0.25, 0.3) is 0 Å². The van der Waals surface area contributed by atoms with Crippen LogP contribution in [0.1, 0.15) is 19.4 Å². The molecule has 0 aliphatic rings. The van der Waals surface area contributed by atoms with Gasteiger partial charge in [-0.1, -0.05) is 13.8 Å². The molecule has 1 aromatic carbocycles. The van der Waals surface area contributed by atoms with Crippen LogP contribution >= 0.6 is 0 Å². The topological polar surface area (TPSA) is 58.6 Å². The summed E-state index contributed by atoms with van der Waals surface area (Å²) in [6.45, 7) is 4.05. The molecule has 3 heteroatoms. The first-order valence-corrected chi connectivity index (χ1v) is 4.22. The van der Waals surface area contributed by atoms with E-state index in [4.69, 9.17) is 10.9 Å². The molecule has 0 aliphatic carbocycles. The van der Waals surface area contributed by atoms with Gasteiger partial charge in [0.25, 0.3) is 0 Å². The molecule has 70 valence electrons. The lowest BCUT2D eigenvalue weighted by Crippen LogP contribution is -2.11. The summed E-state index contributed by atoms with van der Waals surface area (Å²) in [5, 5.41) is 12.8. The Kier molecular flexibility index (Phi) is 2.90. The van der Waals surface area contributed by atoms with Gasteiger partial charge in [0.1, 0.15) is 5.75 Å². The number of nitrogens with two attached hydrogens (primary N) is 1. The van der Waals surface area contributed by atoms with E-state index in [9.17, 15) is 0 Å². The standard InChI is InChI=1S/C10H14N2O/c1-7(2)10(12-11)8-3-5-9(13)6-4-8/h3-7,13H,11H2,1-2H3/b12-10-. The fraction of sp³-hybridized carbons (Fsp3) is 0.300. The minimum atomic E-state index is 0.254. The predicted molar refractivity (Wildman–Crippen MR) is 53.7 cm³/mol. The second kappa shape index (κ2) is 3.94. The Morgan fingerprint density at radius 1 is 1.31 bits per heavy atom. The number of phenolic OH excluding ortho intramolecular Hbond substituents is 1. The summed E-state index contributed by atoms with van der Waals surface area (Å²) in [5.41, 5.74) is 1.80. The molecule has 0 amide bonds. The van der Waals surface area contributed by atoms with Crippen molar-refractivity contribution in [1.82, 2.24) is 0 Å². The van der Waals surface area contributed by atoms with E-state index in [1.165, 1.54) is 0 Å². The fourth-order valence-corrected chi connectivity index (χ4v) is 1.19. The zero-order valence-electron chi connectivity index (χ0n) is 7.86. The normalized spacial score (nSPS) is 12.1. The predicted octanol–water partition coefficient (Wildman–Crippen LogP) is 1.71. The molecule has 3 N–H and O–H groups in total. The van der Waals surface area contributed by atoms with Gasteiger partial charge in [0, 0.05) is 0 Å². The van der Waals surface area contributed by atoms with E-state index < -0.39 is 0 Å². The molecule has 0 spiro atoms. The van der Waals surface area contributed by atoms with E-state index >= 15 is 0 Å². The second-order valence-electron chi connectivity index (χ2n) is 3.22. The van der Waals surface area contributed by atoms with Crippen LogP contribution in [0.4, 0.5) is 0 Å². The molecule has 13 heavy (non-hydrogen) atoms. The van der Waals surface area contributed by atoms with Crippen LogP contribution in [0.2, 0.25) is 0 Å². The first-order chi connectivity index (χ1) is 6.15. The highest BCUT2D eigenvalue weighted by molar-refractivity contribution is 6.01. The monoisotopic (exact) mass is 178 g/mol. The number of hydrogen-bond acceptors (Lipinski definition) is 3. The van der Waals surface area contributed by atoms with Crippen molar-refractivity contribution in [3.8, 4) is 5.75 Å². The average Bonchev–Trinajstić information content (AvgIpc) is 2.09. The largest absolute Gasteiger partial charge is 0.508 e. The molecule has 1 rings (SSSR count). The lowest BCUT2D eigenvalue weighted by atomic mass is 10.0. The third-order valence-corrected chi connectivity index (χ3v) is 1.85. The van der Waals surface area contributed by atoms with Crippen LogP contribution in [-0.4, -0.2) is 10.8 Å². The smallest absolute Gasteiger partial charge is 0.115 e. The van der Waals surface area contributed by atoms with Crippen LogP contribution in [-0.2, 0) is 0 Å². The van der Waals surface area contributed by atoms with Gasteiger partial charge in [0.2, 0.25) is 0 Å². The van der Waals surface area contributed by atoms with Crippen LogP contribution in [0.3, 0.4) is 0 Å². The van der Waals surface area contributed by atoms with Crippen LogP contribution < -0.4 is 5.84 Å². The Morgan fingerprint density at radius 2 is 1.85 bits per heavy atom. The van der Waals surface area contributed by atoms with E-state index in [1.54, 1.807) is 24.3 Å². The van der Waals surface area contributed by atoms with E-state index in [-0.39, 0.29) is 11.7 Å². The lowest BCUT2D eigenvalue weighted by Gasteiger charge is -2.08. The number of aromatic hydroxyl groups is 1. The molecule has 3 nitrogen and oxygen atoms in total. The zero-order chi connectivity index (χ0) is 9.84. The van der Waals surface area contributed by atoms with Gasteiger partial charge >= 0.3 is 0 Å². The average molecular weight is 178 g/mol. The Labute approximate surface area is 77.9 Å². The van der Waals surface area contributed by atoms with Gasteiger partial charge in [-0.15, -0.1) is 0 Å². The van der Waals surface area contributed by atoms with Crippen molar-refractivity contribution in [2.75, 3.05) is 0 Å². The van der Waals surface area contributed by atoms with Crippen LogP contribution in [0.5, 0.6) is 5.75 Å². The Hall–Kier alpha value is -1.51. The summed E-state index contributed by atoms with van der Waals surface area (Å²) < 4.78 is 0. The lowest BCUT2D eigenvalue weighted by molar-refractivity contribution is 0.475. The maximum Gasteiger partial charge on any atom is 0.115 e. The van der Waals surface area contributed by atoms with Crippen molar-refractivity contribution in [3.63, 3.8) is 0 Å². The third kappa shape index (κ3) is 2.21. The number of hydrazone groups is 1. The van der Waals surface area contributed by atoms with E-state index in [0.29, 0.717) is 0 Å². The summed E-state index contributed by atoms with van der Waals surface area (Å²) in [4.78, 5) is 0. The Bertz CT molecular complexity index is 301. The molecule has 0 fully saturated rings. The van der Waals surface area contributed by atoms with Crippen LogP contribution in [0, 0.1) is 5.92 Å². The van der Waals surface area contributed by atoms with Crippen molar-refractivity contribution in [1.29, 1.82) is 0 Å². The zero-order valence-corrected chi connectivity index (χ0v) is 7.86. The van der Waals surface area contributed by atoms with Crippen molar-refractivity contribution in [2.24, 2.45) is 16.9 Å². The van der Waals surface area contributed by atoms with Gasteiger partial charge in [-0.2, -0.15) is 5.10 Å². The number of rotatable bonds is 2. The van der Waals surface area contributed by atoms with Gasteiger partial charge in [-0.05, 0) is 35.7 Å². The molecule has 0 saturated heterocycles. The molecule has 0 heterocycles. The Balaban J connectivity index is 3.00. The molecule has 1 aromatic rings. The maximum atomic E-state index is 9.08. The summed E-state index contributed by atoms with van der Waals surface area (Å²) >= 11 is 0. The quantitative estimate of drug-likeness (QED) is 0.411. The van der Waals surface area contributed by atoms with E-state index in [1.807, 2.05) is 13.8 Å². The summed E-state index contributed by atoms with van der Waals surface area (Å²) in [6, 6.07) is 6.87. The summed E-state index contributed by atoms with van der Waals surface area (Å²) in [5.74, 6) is 5.81. The van der Waals surface area contributed by atoms with E-state index in [0.717, 1.165) is 11.3 Å². The van der Waals surface area contributed by atoms with Gasteiger partial charge < -0.3 is 10.9 Å². The molecule has 0 radical (unpaired) electrons. The molecule has 0 atom stereocenters. The minimum absolute atomic E-state index is 0.254. The SMILES string of the molecule is CC(C)/C(=N/N)c1ccc(O)cc1. The molecular weight excluding hydrogens is 164 g/mol. The first kappa shape index (κ1) is 9.58. The Morgan fingerprint density at radius 3 is 2.23 bits per heavy atom. The molecule has 0 saturated carbocycles. The highest BCUT2D eigenvalue weighted by atomic mass is 16.3.